The number of nitrogens with one attached hydrogen (secondary N) is 1. The fraction of sp³-hybridized carbons (Fsp3) is 0.200. The molecule has 4 heteroatoms. The monoisotopic (exact) mass is 279 g/mol. The highest BCUT2D eigenvalue weighted by Gasteiger charge is 2.07. The third-order valence-corrected chi connectivity index (χ3v) is 3.35. The summed E-state index contributed by atoms with van der Waals surface area (Å²) < 4.78 is 13.6. The number of benzene rings is 2. The summed E-state index contributed by atoms with van der Waals surface area (Å²) in [6, 6.07) is 8.29. The zero-order valence-corrected chi connectivity index (χ0v) is 11.6. The van der Waals surface area contributed by atoms with Gasteiger partial charge in [0.05, 0.1) is 0 Å². The molecule has 2 aromatic rings. The van der Waals surface area contributed by atoms with Crippen LogP contribution in [0.4, 0.5) is 10.1 Å². The van der Waals surface area contributed by atoms with Crippen LogP contribution in [-0.2, 0) is 6.54 Å². The molecule has 0 radical (unpaired) electrons. The molecular formula is C15H15ClFNO. The maximum atomic E-state index is 13.6. The number of hydrogen-bond acceptors (Lipinski definition) is 2. The van der Waals surface area contributed by atoms with Gasteiger partial charge in [0.2, 0.25) is 0 Å². The number of aromatic hydroxyl groups is 1. The van der Waals surface area contributed by atoms with Crippen LogP contribution in [0.1, 0.15) is 16.7 Å². The number of aryl methyl sites for hydroxylation is 1. The molecule has 0 saturated heterocycles. The van der Waals surface area contributed by atoms with Crippen LogP contribution in [0.2, 0.25) is 5.02 Å². The Hall–Kier alpha value is -1.74. The van der Waals surface area contributed by atoms with Gasteiger partial charge in [0, 0.05) is 28.4 Å². The Morgan fingerprint density at radius 1 is 1.21 bits per heavy atom. The topological polar surface area (TPSA) is 32.3 Å². The Bertz CT molecular complexity index is 613. The van der Waals surface area contributed by atoms with Gasteiger partial charge in [0.15, 0.2) is 0 Å². The lowest BCUT2D eigenvalue weighted by Crippen LogP contribution is -2.03. The third kappa shape index (κ3) is 2.99. The normalized spacial score (nSPS) is 10.5. The minimum Gasteiger partial charge on any atom is -0.507 e. The van der Waals surface area contributed by atoms with E-state index in [4.69, 9.17) is 11.6 Å². The third-order valence-electron chi connectivity index (χ3n) is 3.12. The molecule has 0 spiro atoms. The van der Waals surface area contributed by atoms with Gasteiger partial charge in [0.25, 0.3) is 0 Å². The molecule has 0 aliphatic heterocycles. The molecule has 2 N–H and O–H groups in total. The minimum atomic E-state index is -0.339. The largest absolute Gasteiger partial charge is 0.507 e. The van der Waals surface area contributed by atoms with E-state index < -0.39 is 0 Å². The van der Waals surface area contributed by atoms with Crippen LogP contribution in [0.5, 0.6) is 5.75 Å². The zero-order chi connectivity index (χ0) is 14.0. The molecule has 0 amide bonds. The summed E-state index contributed by atoms with van der Waals surface area (Å²) >= 11 is 5.70. The smallest absolute Gasteiger partial charge is 0.129 e. The van der Waals surface area contributed by atoms with E-state index >= 15 is 0 Å². The maximum absolute atomic E-state index is 13.6. The summed E-state index contributed by atoms with van der Waals surface area (Å²) in [4.78, 5) is 0. The first-order chi connectivity index (χ1) is 8.99. The first-order valence-electron chi connectivity index (χ1n) is 5.96. The fourth-order valence-corrected chi connectivity index (χ4v) is 2.04. The quantitative estimate of drug-likeness (QED) is 0.872. The molecule has 2 rings (SSSR count). The Morgan fingerprint density at radius 2 is 1.95 bits per heavy atom. The van der Waals surface area contributed by atoms with E-state index in [0.717, 1.165) is 16.8 Å². The highest BCUT2D eigenvalue weighted by molar-refractivity contribution is 6.30. The average molecular weight is 280 g/mol. The summed E-state index contributed by atoms with van der Waals surface area (Å²) in [6.45, 7) is 4.00. The highest BCUT2D eigenvalue weighted by atomic mass is 35.5. The molecule has 0 fully saturated rings. The Kier molecular flexibility index (Phi) is 3.96. The minimum absolute atomic E-state index is 0.265. The second kappa shape index (κ2) is 5.49. The van der Waals surface area contributed by atoms with Gasteiger partial charge in [-0.15, -0.1) is 0 Å². The molecule has 100 valence electrons. The predicted octanol–water partition coefficient (Wildman–Crippen LogP) is 4.41. The Morgan fingerprint density at radius 3 is 2.63 bits per heavy atom. The molecule has 0 heterocycles. The van der Waals surface area contributed by atoms with Gasteiger partial charge in [-0.05, 0) is 37.6 Å². The predicted molar refractivity (Wildman–Crippen MR) is 76.3 cm³/mol. The maximum Gasteiger partial charge on any atom is 0.129 e. The van der Waals surface area contributed by atoms with Crippen molar-refractivity contribution in [1.82, 2.24) is 0 Å². The summed E-state index contributed by atoms with van der Waals surface area (Å²) in [5.74, 6) is -0.0736. The fourth-order valence-electron chi connectivity index (χ4n) is 1.88. The van der Waals surface area contributed by atoms with Gasteiger partial charge in [-0.25, -0.2) is 4.39 Å². The van der Waals surface area contributed by atoms with E-state index in [1.165, 1.54) is 6.07 Å². The summed E-state index contributed by atoms with van der Waals surface area (Å²) in [6.07, 6.45) is 0. The molecule has 0 aromatic heterocycles. The SMILES string of the molecule is Cc1ccc(NCc2ccc(Cl)cc2F)c(C)c1O. The number of rotatable bonds is 3. The van der Waals surface area contributed by atoms with E-state index in [1.54, 1.807) is 12.1 Å². The molecule has 0 atom stereocenters. The van der Waals surface area contributed by atoms with Crippen molar-refractivity contribution in [2.24, 2.45) is 0 Å². The first kappa shape index (κ1) is 13.7. The van der Waals surface area contributed by atoms with Crippen molar-refractivity contribution in [3.8, 4) is 5.75 Å². The van der Waals surface area contributed by atoms with Crippen molar-refractivity contribution >= 4 is 17.3 Å². The summed E-state index contributed by atoms with van der Waals surface area (Å²) in [5.41, 5.74) is 2.90. The lowest BCUT2D eigenvalue weighted by atomic mass is 10.1. The van der Waals surface area contributed by atoms with Gasteiger partial charge in [-0.1, -0.05) is 23.7 Å². The molecule has 0 bridgehead atoms. The van der Waals surface area contributed by atoms with Crippen LogP contribution >= 0.6 is 11.6 Å². The van der Waals surface area contributed by atoms with Crippen molar-refractivity contribution in [1.29, 1.82) is 0 Å². The molecule has 19 heavy (non-hydrogen) atoms. The molecular weight excluding hydrogens is 265 g/mol. The van der Waals surface area contributed by atoms with E-state index in [0.29, 0.717) is 17.1 Å². The lowest BCUT2D eigenvalue weighted by molar-refractivity contribution is 0.467. The molecule has 2 aromatic carbocycles. The van der Waals surface area contributed by atoms with Crippen LogP contribution in [0.25, 0.3) is 0 Å². The summed E-state index contributed by atoms with van der Waals surface area (Å²) in [5, 5.41) is 13.3. The van der Waals surface area contributed by atoms with Gasteiger partial charge in [0.1, 0.15) is 11.6 Å². The number of hydrogen-bond donors (Lipinski definition) is 2. The average Bonchev–Trinajstić information content (AvgIpc) is 2.37. The van der Waals surface area contributed by atoms with Gasteiger partial charge >= 0.3 is 0 Å². The number of phenols is 1. The van der Waals surface area contributed by atoms with Crippen molar-refractivity contribution in [2.45, 2.75) is 20.4 Å². The molecule has 0 unspecified atom stereocenters. The van der Waals surface area contributed by atoms with Crippen molar-refractivity contribution < 1.29 is 9.50 Å². The van der Waals surface area contributed by atoms with Gasteiger partial charge in [-0.2, -0.15) is 0 Å². The lowest BCUT2D eigenvalue weighted by Gasteiger charge is -2.12. The Balaban J connectivity index is 2.17. The van der Waals surface area contributed by atoms with Crippen molar-refractivity contribution in [3.63, 3.8) is 0 Å². The number of phenolic OH excluding ortho intramolecular Hbond substituents is 1. The molecule has 0 saturated carbocycles. The van der Waals surface area contributed by atoms with Crippen LogP contribution in [0, 0.1) is 19.7 Å². The van der Waals surface area contributed by atoms with E-state index in [1.807, 2.05) is 26.0 Å². The molecule has 0 aliphatic carbocycles. The van der Waals surface area contributed by atoms with Crippen molar-refractivity contribution in [2.75, 3.05) is 5.32 Å². The van der Waals surface area contributed by atoms with E-state index in [2.05, 4.69) is 5.32 Å². The van der Waals surface area contributed by atoms with E-state index in [-0.39, 0.29) is 11.6 Å². The van der Waals surface area contributed by atoms with Crippen LogP contribution < -0.4 is 5.32 Å². The highest BCUT2D eigenvalue weighted by Crippen LogP contribution is 2.28. The van der Waals surface area contributed by atoms with Gasteiger partial charge < -0.3 is 10.4 Å². The molecule has 2 nitrogen and oxygen atoms in total. The number of anilines is 1. The second-order valence-corrected chi connectivity index (χ2v) is 4.93. The van der Waals surface area contributed by atoms with Crippen LogP contribution in [0.15, 0.2) is 30.3 Å². The zero-order valence-electron chi connectivity index (χ0n) is 10.8. The standard InChI is InChI=1S/C15H15ClFNO/c1-9-3-6-14(10(2)15(9)19)18-8-11-4-5-12(16)7-13(11)17/h3-7,18-19H,8H2,1-2H3. The molecule has 0 aliphatic rings. The van der Waals surface area contributed by atoms with Crippen LogP contribution in [-0.4, -0.2) is 5.11 Å². The van der Waals surface area contributed by atoms with Crippen LogP contribution in [0.3, 0.4) is 0 Å². The Labute approximate surface area is 116 Å². The summed E-state index contributed by atoms with van der Waals surface area (Å²) in [7, 11) is 0. The second-order valence-electron chi connectivity index (χ2n) is 4.49. The first-order valence-corrected chi connectivity index (χ1v) is 6.34. The van der Waals surface area contributed by atoms with Crippen molar-refractivity contribution in [3.05, 3.63) is 57.9 Å². The van der Waals surface area contributed by atoms with E-state index in [9.17, 15) is 9.50 Å². The van der Waals surface area contributed by atoms with Gasteiger partial charge in [-0.3, -0.25) is 0 Å². The number of halogens is 2.